The van der Waals surface area contributed by atoms with E-state index in [2.05, 4.69) is 10.5 Å². The third-order valence-corrected chi connectivity index (χ3v) is 2.79. The molecular weight excluding hydrogens is 228 g/mol. The monoisotopic (exact) mass is 238 g/mol. The molecule has 6 heteroatoms. The van der Waals surface area contributed by atoms with E-state index in [-0.39, 0.29) is 6.54 Å². The van der Waals surface area contributed by atoms with E-state index in [1.165, 1.54) is 0 Å². The zero-order chi connectivity index (χ0) is 11.4. The number of hydrogen-bond acceptors (Lipinski definition) is 5. The van der Waals surface area contributed by atoms with Crippen molar-refractivity contribution in [2.75, 3.05) is 6.54 Å². The molecule has 84 valence electrons. The minimum absolute atomic E-state index is 0.0821. The maximum Gasteiger partial charge on any atom is 0.317 e. The molecule has 2 rings (SSSR count). The van der Waals surface area contributed by atoms with Gasteiger partial charge in [-0.2, -0.15) is 0 Å². The number of aliphatic carboxylic acids is 1. The van der Waals surface area contributed by atoms with Crippen LogP contribution in [0.4, 0.5) is 0 Å². The lowest BCUT2D eigenvalue weighted by atomic mass is 10.3. The predicted molar refractivity (Wildman–Crippen MR) is 59.2 cm³/mol. The molecule has 2 N–H and O–H groups in total. The average molecular weight is 238 g/mol. The zero-order valence-corrected chi connectivity index (χ0v) is 9.16. The Kier molecular flexibility index (Phi) is 3.33. The van der Waals surface area contributed by atoms with Gasteiger partial charge in [-0.15, -0.1) is 11.3 Å². The summed E-state index contributed by atoms with van der Waals surface area (Å²) in [5.41, 5.74) is 0.699. The summed E-state index contributed by atoms with van der Waals surface area (Å²) in [5.74, 6) is -0.177. The third kappa shape index (κ3) is 2.68. The van der Waals surface area contributed by atoms with Gasteiger partial charge in [-0.1, -0.05) is 11.2 Å². The Morgan fingerprint density at radius 2 is 2.50 bits per heavy atom. The van der Waals surface area contributed by atoms with Gasteiger partial charge in [-0.25, -0.2) is 0 Å². The van der Waals surface area contributed by atoms with Crippen molar-refractivity contribution in [3.63, 3.8) is 0 Å². The lowest BCUT2D eigenvalue weighted by molar-refractivity contribution is -0.136. The molecule has 0 aromatic carbocycles. The fourth-order valence-electron chi connectivity index (χ4n) is 1.23. The second-order valence-corrected chi connectivity index (χ2v) is 4.10. The van der Waals surface area contributed by atoms with Crippen LogP contribution in [0.1, 0.15) is 5.69 Å². The third-order valence-electron chi connectivity index (χ3n) is 1.91. The van der Waals surface area contributed by atoms with Gasteiger partial charge in [-0.05, 0) is 11.4 Å². The van der Waals surface area contributed by atoms with E-state index < -0.39 is 5.97 Å². The molecule has 2 aromatic heterocycles. The van der Waals surface area contributed by atoms with Gasteiger partial charge in [0.15, 0.2) is 5.76 Å². The van der Waals surface area contributed by atoms with Crippen LogP contribution in [0.3, 0.4) is 0 Å². The van der Waals surface area contributed by atoms with Crippen molar-refractivity contribution in [1.29, 1.82) is 0 Å². The van der Waals surface area contributed by atoms with Crippen LogP contribution in [-0.2, 0) is 11.3 Å². The standard InChI is InChI=1S/C10H10N2O3S/c13-10(14)6-11-5-7-4-8(15-12-7)9-2-1-3-16-9/h1-4,11H,5-6H2,(H,13,14). The zero-order valence-electron chi connectivity index (χ0n) is 8.34. The van der Waals surface area contributed by atoms with E-state index in [1.54, 1.807) is 17.4 Å². The molecule has 0 radical (unpaired) electrons. The van der Waals surface area contributed by atoms with E-state index in [4.69, 9.17) is 9.63 Å². The normalized spacial score (nSPS) is 10.5. The number of carboxylic acid groups (broad SMARTS) is 1. The minimum atomic E-state index is -0.887. The van der Waals surface area contributed by atoms with Gasteiger partial charge in [-0.3, -0.25) is 4.79 Å². The van der Waals surface area contributed by atoms with Gasteiger partial charge in [0.25, 0.3) is 0 Å². The molecule has 2 aromatic rings. The number of hydrogen-bond donors (Lipinski definition) is 2. The Labute approximate surface area is 95.7 Å². The summed E-state index contributed by atoms with van der Waals surface area (Å²) in [7, 11) is 0. The molecule has 0 saturated carbocycles. The highest BCUT2D eigenvalue weighted by molar-refractivity contribution is 7.13. The lowest BCUT2D eigenvalue weighted by Gasteiger charge is -1.95. The van der Waals surface area contributed by atoms with E-state index >= 15 is 0 Å². The minimum Gasteiger partial charge on any atom is -0.480 e. The van der Waals surface area contributed by atoms with Gasteiger partial charge in [0.1, 0.15) is 0 Å². The van der Waals surface area contributed by atoms with Crippen LogP contribution in [-0.4, -0.2) is 22.8 Å². The van der Waals surface area contributed by atoms with Crippen molar-refractivity contribution < 1.29 is 14.4 Å². The summed E-state index contributed by atoms with van der Waals surface area (Å²) in [6, 6.07) is 5.69. The molecule has 0 aliphatic rings. The molecule has 0 bridgehead atoms. The van der Waals surface area contributed by atoms with Gasteiger partial charge in [0.2, 0.25) is 0 Å². The first-order valence-electron chi connectivity index (χ1n) is 4.67. The highest BCUT2D eigenvalue weighted by Crippen LogP contribution is 2.24. The number of carboxylic acids is 1. The number of nitrogens with zero attached hydrogens (tertiary/aromatic N) is 1. The lowest BCUT2D eigenvalue weighted by Crippen LogP contribution is -2.21. The van der Waals surface area contributed by atoms with Crippen LogP contribution in [0.15, 0.2) is 28.1 Å². The second-order valence-electron chi connectivity index (χ2n) is 3.16. The average Bonchev–Trinajstić information content (AvgIpc) is 2.85. The van der Waals surface area contributed by atoms with Gasteiger partial charge in [0, 0.05) is 12.6 Å². The topological polar surface area (TPSA) is 75.4 Å². The van der Waals surface area contributed by atoms with Crippen molar-refractivity contribution in [3.05, 3.63) is 29.3 Å². The second kappa shape index (κ2) is 4.91. The van der Waals surface area contributed by atoms with Crippen LogP contribution in [0.2, 0.25) is 0 Å². The van der Waals surface area contributed by atoms with E-state index in [0.29, 0.717) is 18.0 Å². The van der Waals surface area contributed by atoms with E-state index in [0.717, 1.165) is 4.88 Å². The number of thiophene rings is 1. The van der Waals surface area contributed by atoms with Crippen LogP contribution >= 0.6 is 11.3 Å². The van der Waals surface area contributed by atoms with Gasteiger partial charge >= 0.3 is 5.97 Å². The molecule has 0 amide bonds. The molecule has 0 unspecified atom stereocenters. The van der Waals surface area contributed by atoms with Crippen molar-refractivity contribution in [2.45, 2.75) is 6.54 Å². The van der Waals surface area contributed by atoms with Gasteiger partial charge < -0.3 is 14.9 Å². The summed E-state index contributed by atoms with van der Waals surface area (Å²) >= 11 is 1.57. The Morgan fingerprint density at radius 1 is 1.62 bits per heavy atom. The van der Waals surface area contributed by atoms with E-state index in [1.807, 2.05) is 17.5 Å². The summed E-state index contributed by atoms with van der Waals surface area (Å²) in [6.45, 7) is 0.308. The van der Waals surface area contributed by atoms with Crippen LogP contribution < -0.4 is 5.32 Å². The molecule has 0 aliphatic carbocycles. The van der Waals surface area contributed by atoms with E-state index in [9.17, 15) is 4.79 Å². The maximum absolute atomic E-state index is 10.3. The van der Waals surface area contributed by atoms with Crippen LogP contribution in [0.5, 0.6) is 0 Å². The van der Waals surface area contributed by atoms with Crippen LogP contribution in [0, 0.1) is 0 Å². The SMILES string of the molecule is O=C(O)CNCc1cc(-c2cccs2)on1. The van der Waals surface area contributed by atoms with Crippen molar-refractivity contribution >= 4 is 17.3 Å². The Bertz CT molecular complexity index is 464. The first-order chi connectivity index (χ1) is 7.75. The smallest absolute Gasteiger partial charge is 0.317 e. The van der Waals surface area contributed by atoms with Crippen molar-refractivity contribution in [2.24, 2.45) is 0 Å². The molecule has 0 spiro atoms. The Hall–Kier alpha value is -1.66. The maximum atomic E-state index is 10.3. The molecule has 0 atom stereocenters. The summed E-state index contributed by atoms with van der Waals surface area (Å²) < 4.78 is 5.14. The molecule has 16 heavy (non-hydrogen) atoms. The number of aromatic nitrogens is 1. The first kappa shape index (κ1) is 10.8. The summed E-state index contributed by atoms with van der Waals surface area (Å²) in [4.78, 5) is 11.3. The summed E-state index contributed by atoms with van der Waals surface area (Å²) in [6.07, 6.45) is 0. The summed E-state index contributed by atoms with van der Waals surface area (Å²) in [5, 5.41) is 17.0. The molecule has 5 nitrogen and oxygen atoms in total. The fourth-order valence-corrected chi connectivity index (χ4v) is 1.90. The van der Waals surface area contributed by atoms with Crippen molar-refractivity contribution in [1.82, 2.24) is 10.5 Å². The largest absolute Gasteiger partial charge is 0.480 e. The number of nitrogens with one attached hydrogen (secondary N) is 1. The highest BCUT2D eigenvalue weighted by atomic mass is 32.1. The number of carbonyl (C=O) groups is 1. The fraction of sp³-hybridized carbons (Fsp3) is 0.200. The molecule has 0 fully saturated rings. The Balaban J connectivity index is 1.95. The quantitative estimate of drug-likeness (QED) is 0.827. The first-order valence-corrected chi connectivity index (χ1v) is 5.55. The Morgan fingerprint density at radius 3 is 3.19 bits per heavy atom. The molecule has 0 aliphatic heterocycles. The molecular formula is C10H10N2O3S. The van der Waals surface area contributed by atoms with Crippen molar-refractivity contribution in [3.8, 4) is 10.6 Å². The molecule has 0 saturated heterocycles. The van der Waals surface area contributed by atoms with Crippen LogP contribution in [0.25, 0.3) is 10.6 Å². The predicted octanol–water partition coefficient (Wildman–Crippen LogP) is 1.58. The molecule has 2 heterocycles. The van der Waals surface area contributed by atoms with Gasteiger partial charge in [0.05, 0.1) is 17.1 Å². The number of rotatable bonds is 5. The highest BCUT2D eigenvalue weighted by Gasteiger charge is 2.07.